The van der Waals surface area contributed by atoms with Crippen LogP contribution in [-0.4, -0.2) is 64.7 Å². The van der Waals surface area contributed by atoms with Gasteiger partial charge in [-0.2, -0.15) is 11.8 Å². The Hall–Kier alpha value is -1.32. The van der Waals surface area contributed by atoms with Gasteiger partial charge in [-0.25, -0.2) is 4.79 Å². The van der Waals surface area contributed by atoms with Gasteiger partial charge in [0.05, 0.1) is 12.6 Å². The molecular weight excluding hydrogens is 322 g/mol. The quantitative estimate of drug-likeness (QED) is 0.327. The minimum absolute atomic E-state index is 0.236. The molecule has 0 aliphatic carbocycles. The molecule has 0 spiro atoms. The first kappa shape index (κ1) is 21.7. The summed E-state index contributed by atoms with van der Waals surface area (Å²) in [5, 5.41) is 22.6. The number of nitrogens with two attached hydrogens (primary N) is 1. The van der Waals surface area contributed by atoms with Crippen LogP contribution in [0.25, 0.3) is 0 Å². The fourth-order valence-electron chi connectivity index (χ4n) is 1.86. The number of aliphatic hydroxyl groups is 1. The third-order valence-corrected chi connectivity index (χ3v) is 3.75. The predicted molar refractivity (Wildman–Crippen MR) is 89.0 cm³/mol. The molecular formula is C14H27N3O5S. The topological polar surface area (TPSA) is 142 Å². The number of aliphatic hydroxyl groups excluding tert-OH is 1. The highest BCUT2D eigenvalue weighted by atomic mass is 32.2. The minimum Gasteiger partial charge on any atom is -0.480 e. The molecule has 8 nitrogen and oxygen atoms in total. The van der Waals surface area contributed by atoms with Crippen LogP contribution < -0.4 is 16.4 Å². The van der Waals surface area contributed by atoms with Crippen molar-refractivity contribution in [3.8, 4) is 0 Å². The Morgan fingerprint density at radius 3 is 2.13 bits per heavy atom. The summed E-state index contributed by atoms with van der Waals surface area (Å²) in [5.41, 5.74) is 5.79. The molecule has 0 bridgehead atoms. The lowest BCUT2D eigenvalue weighted by atomic mass is 10.0. The van der Waals surface area contributed by atoms with Gasteiger partial charge in [0, 0.05) is 0 Å². The zero-order chi connectivity index (χ0) is 18.0. The van der Waals surface area contributed by atoms with E-state index in [9.17, 15) is 14.4 Å². The first-order valence-corrected chi connectivity index (χ1v) is 8.81. The largest absolute Gasteiger partial charge is 0.480 e. The highest BCUT2D eigenvalue weighted by molar-refractivity contribution is 7.98. The highest BCUT2D eigenvalue weighted by Gasteiger charge is 2.27. The molecule has 0 radical (unpaired) electrons. The molecule has 23 heavy (non-hydrogen) atoms. The van der Waals surface area contributed by atoms with Gasteiger partial charge in [0.1, 0.15) is 12.1 Å². The molecule has 0 aromatic carbocycles. The zero-order valence-electron chi connectivity index (χ0n) is 13.7. The molecule has 0 unspecified atom stereocenters. The second kappa shape index (κ2) is 11.3. The number of carbonyl (C=O) groups excluding carboxylic acids is 2. The summed E-state index contributed by atoms with van der Waals surface area (Å²) in [4.78, 5) is 35.1. The van der Waals surface area contributed by atoms with Gasteiger partial charge in [0.2, 0.25) is 11.8 Å². The molecule has 2 amide bonds. The molecule has 0 aliphatic heterocycles. The van der Waals surface area contributed by atoms with Crippen molar-refractivity contribution in [1.82, 2.24) is 10.6 Å². The molecule has 0 aliphatic rings. The third-order valence-electron chi connectivity index (χ3n) is 3.10. The molecule has 0 aromatic rings. The second-order valence-electron chi connectivity index (χ2n) is 5.66. The number of carbonyl (C=O) groups is 3. The number of carboxylic acids is 1. The summed E-state index contributed by atoms with van der Waals surface area (Å²) in [6.45, 7) is 3.14. The van der Waals surface area contributed by atoms with Crippen LogP contribution >= 0.6 is 11.8 Å². The van der Waals surface area contributed by atoms with Gasteiger partial charge in [0.15, 0.2) is 0 Å². The summed E-state index contributed by atoms with van der Waals surface area (Å²) in [5.74, 6) is -1.59. The van der Waals surface area contributed by atoms with Crippen LogP contribution in [0.4, 0.5) is 0 Å². The molecule has 0 saturated heterocycles. The van der Waals surface area contributed by atoms with Crippen molar-refractivity contribution in [2.45, 2.75) is 44.8 Å². The van der Waals surface area contributed by atoms with Crippen molar-refractivity contribution >= 4 is 29.5 Å². The first-order chi connectivity index (χ1) is 10.7. The van der Waals surface area contributed by atoms with Crippen molar-refractivity contribution in [3.63, 3.8) is 0 Å². The van der Waals surface area contributed by atoms with Crippen LogP contribution in [0.2, 0.25) is 0 Å². The number of carboxylic acid groups (broad SMARTS) is 1. The van der Waals surface area contributed by atoms with Gasteiger partial charge in [-0.05, 0) is 30.8 Å². The molecule has 0 heterocycles. The number of rotatable bonds is 11. The lowest BCUT2D eigenvalue weighted by Crippen LogP contribution is -2.55. The SMILES string of the molecule is CSCC[C@H](NC(=O)[C@@H](N)CC(C)C)C(=O)N[C@@H](CO)C(=O)O. The number of amides is 2. The smallest absolute Gasteiger partial charge is 0.328 e. The normalized spacial score (nSPS) is 14.9. The number of hydrogen-bond acceptors (Lipinski definition) is 6. The average molecular weight is 349 g/mol. The minimum atomic E-state index is -1.40. The molecule has 0 rings (SSSR count). The van der Waals surface area contributed by atoms with E-state index in [4.69, 9.17) is 15.9 Å². The van der Waals surface area contributed by atoms with Gasteiger partial charge < -0.3 is 26.6 Å². The van der Waals surface area contributed by atoms with Crippen molar-refractivity contribution < 1.29 is 24.6 Å². The van der Waals surface area contributed by atoms with Gasteiger partial charge in [0.25, 0.3) is 0 Å². The Labute approximate surface area is 140 Å². The average Bonchev–Trinajstić information content (AvgIpc) is 2.47. The van der Waals surface area contributed by atoms with E-state index in [0.29, 0.717) is 18.6 Å². The van der Waals surface area contributed by atoms with Gasteiger partial charge in [-0.15, -0.1) is 0 Å². The maximum Gasteiger partial charge on any atom is 0.328 e. The van der Waals surface area contributed by atoms with E-state index in [0.717, 1.165) is 0 Å². The lowest BCUT2D eigenvalue weighted by molar-refractivity contribution is -0.143. The van der Waals surface area contributed by atoms with Crippen molar-refractivity contribution in [1.29, 1.82) is 0 Å². The summed E-state index contributed by atoms with van der Waals surface area (Å²) < 4.78 is 0. The Morgan fingerprint density at radius 2 is 1.70 bits per heavy atom. The first-order valence-electron chi connectivity index (χ1n) is 7.41. The molecule has 0 fully saturated rings. The van der Waals surface area contributed by atoms with Crippen LogP contribution in [0.15, 0.2) is 0 Å². The van der Waals surface area contributed by atoms with E-state index in [1.807, 2.05) is 20.1 Å². The highest BCUT2D eigenvalue weighted by Crippen LogP contribution is 2.05. The van der Waals surface area contributed by atoms with Crippen LogP contribution in [0.5, 0.6) is 0 Å². The van der Waals surface area contributed by atoms with Gasteiger partial charge >= 0.3 is 5.97 Å². The summed E-state index contributed by atoms with van der Waals surface area (Å²) >= 11 is 1.50. The Bertz CT molecular complexity index is 406. The van der Waals surface area contributed by atoms with Crippen molar-refractivity contribution in [2.75, 3.05) is 18.6 Å². The molecule has 6 N–H and O–H groups in total. The molecule has 0 aromatic heterocycles. The Kier molecular flexibility index (Phi) is 10.6. The Morgan fingerprint density at radius 1 is 1.13 bits per heavy atom. The summed E-state index contributed by atoms with van der Waals surface area (Å²) in [7, 11) is 0. The molecule has 134 valence electrons. The lowest BCUT2D eigenvalue weighted by Gasteiger charge is -2.22. The predicted octanol–water partition coefficient (Wildman–Crippen LogP) is -0.841. The van der Waals surface area contributed by atoms with Gasteiger partial charge in [-0.1, -0.05) is 13.8 Å². The molecule has 3 atom stereocenters. The molecule has 9 heteroatoms. The fourth-order valence-corrected chi connectivity index (χ4v) is 2.33. The van der Waals surface area contributed by atoms with Crippen molar-refractivity contribution in [3.05, 3.63) is 0 Å². The molecule has 0 saturated carbocycles. The van der Waals surface area contributed by atoms with E-state index in [2.05, 4.69) is 10.6 Å². The number of aliphatic carboxylic acids is 1. The number of hydrogen-bond donors (Lipinski definition) is 5. The number of nitrogens with one attached hydrogen (secondary N) is 2. The third kappa shape index (κ3) is 8.77. The maximum atomic E-state index is 12.2. The fraction of sp³-hybridized carbons (Fsp3) is 0.786. The second-order valence-corrected chi connectivity index (χ2v) is 6.65. The number of thioether (sulfide) groups is 1. The van der Waals surface area contributed by atoms with Crippen molar-refractivity contribution in [2.24, 2.45) is 11.7 Å². The van der Waals surface area contributed by atoms with Crippen LogP contribution in [0, 0.1) is 5.92 Å². The van der Waals surface area contributed by atoms with E-state index in [-0.39, 0.29) is 5.92 Å². The van der Waals surface area contributed by atoms with E-state index >= 15 is 0 Å². The zero-order valence-corrected chi connectivity index (χ0v) is 14.6. The van der Waals surface area contributed by atoms with Crippen LogP contribution in [0.3, 0.4) is 0 Å². The van der Waals surface area contributed by atoms with E-state index < -0.39 is 42.5 Å². The summed E-state index contributed by atoms with van der Waals surface area (Å²) in [6, 6.07) is -3.02. The maximum absolute atomic E-state index is 12.2. The van der Waals surface area contributed by atoms with Crippen LogP contribution in [0.1, 0.15) is 26.7 Å². The van der Waals surface area contributed by atoms with E-state index in [1.165, 1.54) is 11.8 Å². The van der Waals surface area contributed by atoms with E-state index in [1.54, 1.807) is 0 Å². The monoisotopic (exact) mass is 349 g/mol. The Balaban J connectivity index is 4.82. The standard InChI is InChI=1S/C14H27N3O5S/c1-8(2)6-9(15)12(19)16-10(4-5-23-3)13(20)17-11(7-18)14(21)22/h8-11,18H,4-7,15H2,1-3H3,(H,16,19)(H,17,20)(H,21,22)/t9-,10-,11-/m0/s1. The van der Waals surface area contributed by atoms with Crippen LogP contribution in [-0.2, 0) is 14.4 Å². The summed E-state index contributed by atoms with van der Waals surface area (Å²) in [6.07, 6.45) is 2.68. The van der Waals surface area contributed by atoms with Gasteiger partial charge in [-0.3, -0.25) is 9.59 Å².